The van der Waals surface area contributed by atoms with Crippen molar-refractivity contribution in [3.63, 3.8) is 0 Å². The Morgan fingerprint density at radius 1 is 1.10 bits per heavy atom. The summed E-state index contributed by atoms with van der Waals surface area (Å²) in [6.07, 6.45) is 1.65. The van der Waals surface area contributed by atoms with Gasteiger partial charge in [0.2, 0.25) is 5.88 Å². The number of hydrogen-bond donors (Lipinski definition) is 2. The van der Waals surface area contributed by atoms with Crippen LogP contribution in [0.25, 0.3) is 0 Å². The lowest BCUT2D eigenvalue weighted by molar-refractivity contribution is 0.0362. The van der Waals surface area contributed by atoms with Gasteiger partial charge in [-0.25, -0.2) is 4.98 Å². The first kappa shape index (κ1) is 20.1. The Kier molecular flexibility index (Phi) is 5.40. The number of aromatic hydroxyl groups is 1. The van der Waals surface area contributed by atoms with Crippen LogP contribution in [0.2, 0.25) is 5.02 Å². The number of nitrogens with one attached hydrogen (secondary N) is 1. The van der Waals surface area contributed by atoms with Crippen molar-refractivity contribution in [1.29, 1.82) is 5.41 Å². The highest BCUT2D eigenvalue weighted by molar-refractivity contribution is 6.31. The van der Waals surface area contributed by atoms with Gasteiger partial charge < -0.3 is 19.1 Å². The normalized spacial score (nSPS) is 18.2. The van der Waals surface area contributed by atoms with E-state index < -0.39 is 0 Å². The van der Waals surface area contributed by atoms with Gasteiger partial charge in [0, 0.05) is 48.7 Å². The molecule has 8 heteroatoms. The maximum atomic E-state index is 9.96. The molecule has 0 spiro atoms. The van der Waals surface area contributed by atoms with Crippen LogP contribution in [0, 0.1) is 5.41 Å². The van der Waals surface area contributed by atoms with Crippen molar-refractivity contribution in [2.45, 2.75) is 12.5 Å². The second kappa shape index (κ2) is 8.34. The average molecular weight is 439 g/mol. The van der Waals surface area contributed by atoms with Crippen LogP contribution in [0.4, 0.5) is 0 Å². The van der Waals surface area contributed by atoms with Gasteiger partial charge in [0.15, 0.2) is 0 Å². The summed E-state index contributed by atoms with van der Waals surface area (Å²) in [5.41, 5.74) is 2.75. The maximum absolute atomic E-state index is 9.96. The first-order chi connectivity index (χ1) is 15.1. The van der Waals surface area contributed by atoms with Gasteiger partial charge in [-0.05, 0) is 17.7 Å². The summed E-state index contributed by atoms with van der Waals surface area (Å²) < 4.78 is 13.3. The van der Waals surface area contributed by atoms with Crippen LogP contribution in [0.15, 0.2) is 48.8 Å². The number of aromatic nitrogens is 2. The molecule has 5 rings (SSSR count). The molecule has 0 saturated carbocycles. The summed E-state index contributed by atoms with van der Waals surface area (Å²) in [6.45, 7) is 4.75. The highest BCUT2D eigenvalue weighted by atomic mass is 35.5. The Balaban J connectivity index is 1.58. The number of hydrogen-bond acceptors (Lipinski definition) is 6. The third-order valence-electron chi connectivity index (χ3n) is 5.87. The fraction of sp³-hybridized carbons (Fsp3) is 0.304. The highest BCUT2D eigenvalue weighted by Gasteiger charge is 2.33. The first-order valence-electron chi connectivity index (χ1n) is 10.3. The number of halogens is 1. The zero-order valence-electron chi connectivity index (χ0n) is 16.9. The molecule has 0 radical (unpaired) electrons. The number of rotatable bonds is 4. The third kappa shape index (κ3) is 3.80. The first-order valence-corrected chi connectivity index (χ1v) is 10.7. The number of fused-ring (bicyclic) bond motifs is 2. The van der Waals surface area contributed by atoms with Crippen LogP contribution in [-0.4, -0.2) is 52.4 Å². The molecule has 160 valence electrons. The van der Waals surface area contributed by atoms with Crippen LogP contribution >= 0.6 is 11.6 Å². The molecule has 2 aliphatic heterocycles. The zero-order chi connectivity index (χ0) is 21.4. The van der Waals surface area contributed by atoms with Gasteiger partial charge in [-0.2, -0.15) is 0 Å². The van der Waals surface area contributed by atoms with Gasteiger partial charge in [-0.15, -0.1) is 0 Å². The molecule has 31 heavy (non-hydrogen) atoms. The number of benzene rings is 2. The van der Waals surface area contributed by atoms with Gasteiger partial charge >= 0.3 is 0 Å². The molecule has 0 bridgehead atoms. The van der Waals surface area contributed by atoms with Crippen molar-refractivity contribution in [2.24, 2.45) is 0 Å². The molecule has 0 amide bonds. The summed E-state index contributed by atoms with van der Waals surface area (Å²) in [5, 5.41) is 19.6. The van der Waals surface area contributed by atoms with E-state index in [1.54, 1.807) is 18.5 Å². The van der Waals surface area contributed by atoms with Crippen molar-refractivity contribution >= 4 is 11.6 Å². The van der Waals surface area contributed by atoms with Crippen molar-refractivity contribution < 1.29 is 14.6 Å². The minimum absolute atomic E-state index is 0.114. The largest absolute Gasteiger partial charge is 0.508 e. The quantitative estimate of drug-likeness (QED) is 0.510. The van der Waals surface area contributed by atoms with Crippen LogP contribution in [0.1, 0.15) is 22.6 Å². The molecule has 0 aliphatic carbocycles. The number of nitrogens with zero attached hydrogens (tertiary/aromatic N) is 3. The topological polar surface area (TPSA) is 83.6 Å². The van der Waals surface area contributed by atoms with Crippen LogP contribution in [0.3, 0.4) is 0 Å². The van der Waals surface area contributed by atoms with Gasteiger partial charge in [0.1, 0.15) is 23.3 Å². The van der Waals surface area contributed by atoms with Crippen LogP contribution in [0.5, 0.6) is 17.4 Å². The lowest BCUT2D eigenvalue weighted by Crippen LogP contribution is -2.40. The van der Waals surface area contributed by atoms with E-state index in [-0.39, 0.29) is 11.7 Å². The SMILES string of the molecule is N=c1c2c(ncn1CCN1CCOCC1)Oc1cc(O)ccc1C2c1ccccc1Cl. The zero-order valence-corrected chi connectivity index (χ0v) is 17.7. The van der Waals surface area contributed by atoms with E-state index in [1.165, 1.54) is 0 Å². The Hall–Kier alpha value is -2.87. The minimum Gasteiger partial charge on any atom is -0.508 e. The molecule has 1 aromatic heterocycles. The molecular formula is C23H23ClN4O3. The molecule has 1 saturated heterocycles. The summed E-state index contributed by atoms with van der Waals surface area (Å²) in [5.74, 6) is 0.692. The van der Waals surface area contributed by atoms with Crippen molar-refractivity contribution in [2.75, 3.05) is 32.8 Å². The van der Waals surface area contributed by atoms with Gasteiger partial charge in [0.25, 0.3) is 0 Å². The van der Waals surface area contributed by atoms with E-state index in [4.69, 9.17) is 26.5 Å². The third-order valence-corrected chi connectivity index (χ3v) is 6.21. The molecule has 1 unspecified atom stereocenters. The maximum Gasteiger partial charge on any atom is 0.228 e. The Morgan fingerprint density at radius 3 is 2.71 bits per heavy atom. The predicted octanol–water partition coefficient (Wildman–Crippen LogP) is 3.34. The van der Waals surface area contributed by atoms with Crippen LogP contribution < -0.4 is 10.2 Å². The van der Waals surface area contributed by atoms with E-state index in [0.29, 0.717) is 34.2 Å². The second-order valence-corrected chi connectivity index (χ2v) is 8.15. The van der Waals surface area contributed by atoms with Gasteiger partial charge in [0.05, 0.1) is 18.8 Å². The van der Waals surface area contributed by atoms with E-state index in [9.17, 15) is 5.11 Å². The van der Waals surface area contributed by atoms with Crippen molar-refractivity contribution in [3.8, 4) is 17.4 Å². The molecule has 7 nitrogen and oxygen atoms in total. The summed E-state index contributed by atoms with van der Waals surface area (Å²) >= 11 is 6.58. The summed E-state index contributed by atoms with van der Waals surface area (Å²) in [6, 6.07) is 12.7. The van der Waals surface area contributed by atoms with E-state index >= 15 is 0 Å². The lowest BCUT2D eigenvalue weighted by Gasteiger charge is -2.30. The monoisotopic (exact) mass is 438 g/mol. The molecule has 1 fully saturated rings. The minimum atomic E-state index is -0.316. The van der Waals surface area contributed by atoms with E-state index in [0.717, 1.165) is 44.0 Å². The standard InChI is InChI=1S/C23H23ClN4O3/c24-18-4-2-1-3-16(18)20-17-6-5-15(29)13-19(17)31-23-21(20)22(25)28(14-26-23)8-7-27-9-11-30-12-10-27/h1-6,13-14,20,25,29H,7-12H2. The Bertz CT molecular complexity index is 1170. The fourth-order valence-corrected chi connectivity index (χ4v) is 4.48. The summed E-state index contributed by atoms with van der Waals surface area (Å²) in [7, 11) is 0. The molecule has 1 atom stereocenters. The molecule has 2 aromatic carbocycles. The molecule has 2 N–H and O–H groups in total. The van der Waals surface area contributed by atoms with E-state index in [2.05, 4.69) is 9.88 Å². The second-order valence-electron chi connectivity index (χ2n) is 7.74. The molecule has 3 heterocycles. The van der Waals surface area contributed by atoms with Gasteiger partial charge in [-0.1, -0.05) is 35.9 Å². The molecule has 3 aromatic rings. The van der Waals surface area contributed by atoms with Crippen molar-refractivity contribution in [1.82, 2.24) is 14.5 Å². The number of phenols is 1. The number of ether oxygens (including phenoxy) is 2. The Labute approximate surface area is 185 Å². The fourth-order valence-electron chi connectivity index (χ4n) is 4.23. The number of phenolic OH excluding ortho intramolecular Hbond substituents is 1. The van der Waals surface area contributed by atoms with Crippen molar-refractivity contribution in [3.05, 3.63) is 76.0 Å². The van der Waals surface area contributed by atoms with Crippen LogP contribution in [-0.2, 0) is 11.3 Å². The summed E-state index contributed by atoms with van der Waals surface area (Å²) in [4.78, 5) is 6.86. The molecule has 2 aliphatic rings. The van der Waals surface area contributed by atoms with E-state index in [1.807, 2.05) is 34.9 Å². The highest BCUT2D eigenvalue weighted by Crippen LogP contribution is 2.47. The van der Waals surface area contributed by atoms with Gasteiger partial charge in [-0.3, -0.25) is 10.3 Å². The number of morpholine rings is 1. The molecular weight excluding hydrogens is 416 g/mol. The average Bonchev–Trinajstić information content (AvgIpc) is 2.78. The lowest BCUT2D eigenvalue weighted by atomic mass is 9.84. The predicted molar refractivity (Wildman–Crippen MR) is 116 cm³/mol. The Morgan fingerprint density at radius 2 is 1.90 bits per heavy atom. The smallest absolute Gasteiger partial charge is 0.228 e.